The average molecular weight is 190 g/mol. The van der Waals surface area contributed by atoms with Crippen LogP contribution in [0.4, 0.5) is 0 Å². The Morgan fingerprint density at radius 1 is 1.15 bits per heavy atom. The molecule has 0 radical (unpaired) electrons. The molecule has 74 valence electrons. The molecular weight excluding hydrogens is 180 g/mol. The second kappa shape index (κ2) is 5.26. The van der Waals surface area contributed by atoms with E-state index in [2.05, 4.69) is 0 Å². The van der Waals surface area contributed by atoms with Crippen molar-refractivity contribution in [1.82, 2.24) is 0 Å². The summed E-state index contributed by atoms with van der Waals surface area (Å²) in [7, 11) is 0. The Bertz CT molecular complexity index is 221. The zero-order valence-electron chi connectivity index (χ0n) is 6.77. The molecule has 0 aliphatic heterocycles. The summed E-state index contributed by atoms with van der Waals surface area (Å²) in [5.74, 6) is -3.82. The third-order valence-electron chi connectivity index (χ3n) is 1.35. The van der Waals surface area contributed by atoms with Gasteiger partial charge in [-0.2, -0.15) is 0 Å². The Morgan fingerprint density at radius 2 is 1.69 bits per heavy atom. The molecule has 0 aromatic heterocycles. The molecule has 6 nitrogen and oxygen atoms in total. The quantitative estimate of drug-likeness (QED) is 0.475. The number of hydrogen-bond acceptors (Lipinski definition) is 4. The SMILES string of the molecule is O=C(O)CC[C@H](O)CC(=O)C(=O)O. The summed E-state index contributed by atoms with van der Waals surface area (Å²) in [5.41, 5.74) is 0. The van der Waals surface area contributed by atoms with E-state index >= 15 is 0 Å². The summed E-state index contributed by atoms with van der Waals surface area (Å²) in [6.45, 7) is 0. The molecule has 6 heteroatoms. The molecule has 0 rings (SSSR count). The maximum atomic E-state index is 10.5. The van der Waals surface area contributed by atoms with Crippen LogP contribution < -0.4 is 0 Å². The van der Waals surface area contributed by atoms with Crippen molar-refractivity contribution in [3.63, 3.8) is 0 Å². The van der Waals surface area contributed by atoms with Crippen LogP contribution >= 0.6 is 0 Å². The molecule has 0 aliphatic carbocycles. The van der Waals surface area contributed by atoms with E-state index in [0.29, 0.717) is 0 Å². The van der Waals surface area contributed by atoms with E-state index in [1.165, 1.54) is 0 Å². The van der Waals surface area contributed by atoms with E-state index in [9.17, 15) is 14.4 Å². The van der Waals surface area contributed by atoms with E-state index in [0.717, 1.165) is 0 Å². The Labute approximate surface area is 73.8 Å². The lowest BCUT2D eigenvalue weighted by Gasteiger charge is -2.05. The van der Waals surface area contributed by atoms with Crippen molar-refractivity contribution in [2.75, 3.05) is 0 Å². The minimum Gasteiger partial charge on any atom is -0.481 e. The molecule has 0 aromatic carbocycles. The van der Waals surface area contributed by atoms with Crippen LogP contribution in [0.15, 0.2) is 0 Å². The number of rotatable bonds is 6. The summed E-state index contributed by atoms with van der Waals surface area (Å²) >= 11 is 0. The zero-order valence-corrected chi connectivity index (χ0v) is 6.77. The minimum absolute atomic E-state index is 0.117. The van der Waals surface area contributed by atoms with Gasteiger partial charge in [-0.05, 0) is 6.42 Å². The Kier molecular flexibility index (Phi) is 4.68. The van der Waals surface area contributed by atoms with Gasteiger partial charge >= 0.3 is 11.9 Å². The summed E-state index contributed by atoms with van der Waals surface area (Å²) in [4.78, 5) is 30.5. The van der Waals surface area contributed by atoms with Crippen molar-refractivity contribution in [3.05, 3.63) is 0 Å². The van der Waals surface area contributed by atoms with Crippen LogP contribution in [0.5, 0.6) is 0 Å². The molecule has 0 aliphatic rings. The maximum absolute atomic E-state index is 10.5. The standard InChI is InChI=1S/C7H10O6/c8-4(1-2-6(10)11)3-5(9)7(12)13/h4,8H,1-3H2,(H,10,11)(H,12,13)/t4-/m0/s1. The van der Waals surface area contributed by atoms with Crippen molar-refractivity contribution < 1.29 is 29.7 Å². The molecule has 0 heterocycles. The number of carboxylic acid groups (broad SMARTS) is 2. The Morgan fingerprint density at radius 3 is 2.08 bits per heavy atom. The van der Waals surface area contributed by atoms with Gasteiger partial charge in [0.15, 0.2) is 0 Å². The fourth-order valence-electron chi connectivity index (χ4n) is 0.693. The van der Waals surface area contributed by atoms with E-state index in [1.807, 2.05) is 0 Å². The van der Waals surface area contributed by atoms with Crippen LogP contribution in [0.25, 0.3) is 0 Å². The maximum Gasteiger partial charge on any atom is 0.372 e. The van der Waals surface area contributed by atoms with Crippen LogP contribution in [0.1, 0.15) is 19.3 Å². The number of aliphatic carboxylic acids is 2. The van der Waals surface area contributed by atoms with Gasteiger partial charge in [0, 0.05) is 12.8 Å². The highest BCUT2D eigenvalue weighted by molar-refractivity contribution is 6.32. The zero-order chi connectivity index (χ0) is 10.4. The van der Waals surface area contributed by atoms with Crippen LogP contribution in [0, 0.1) is 0 Å². The first-order chi connectivity index (χ1) is 5.93. The molecule has 1 atom stereocenters. The van der Waals surface area contributed by atoms with E-state index in [4.69, 9.17) is 15.3 Å². The molecule has 0 fully saturated rings. The highest BCUT2D eigenvalue weighted by Crippen LogP contribution is 2.02. The number of hydrogen-bond donors (Lipinski definition) is 3. The molecule has 0 saturated carbocycles. The van der Waals surface area contributed by atoms with Crippen LogP contribution in [-0.4, -0.2) is 39.1 Å². The largest absolute Gasteiger partial charge is 0.481 e. The molecule has 0 saturated heterocycles. The highest BCUT2D eigenvalue weighted by atomic mass is 16.4. The van der Waals surface area contributed by atoms with Crippen molar-refractivity contribution in [2.45, 2.75) is 25.4 Å². The highest BCUT2D eigenvalue weighted by Gasteiger charge is 2.17. The second-order valence-corrected chi connectivity index (χ2v) is 2.52. The van der Waals surface area contributed by atoms with E-state index in [1.54, 1.807) is 0 Å². The summed E-state index contributed by atoms with van der Waals surface area (Å²) < 4.78 is 0. The summed E-state index contributed by atoms with van der Waals surface area (Å²) in [6, 6.07) is 0. The monoisotopic (exact) mass is 190 g/mol. The van der Waals surface area contributed by atoms with Crippen LogP contribution in [0.2, 0.25) is 0 Å². The molecule has 0 spiro atoms. The first-order valence-electron chi connectivity index (χ1n) is 3.59. The predicted octanol–water partition coefficient (Wildman–Crippen LogP) is -0.744. The van der Waals surface area contributed by atoms with Crippen LogP contribution in [0.3, 0.4) is 0 Å². The Balaban J connectivity index is 3.74. The van der Waals surface area contributed by atoms with Crippen molar-refractivity contribution in [1.29, 1.82) is 0 Å². The number of ketones is 1. The topological polar surface area (TPSA) is 112 Å². The predicted molar refractivity (Wildman–Crippen MR) is 40.1 cm³/mol. The molecule has 3 N–H and O–H groups in total. The van der Waals surface area contributed by atoms with Gasteiger partial charge in [-0.3, -0.25) is 9.59 Å². The van der Waals surface area contributed by atoms with E-state index < -0.39 is 30.2 Å². The smallest absolute Gasteiger partial charge is 0.372 e. The number of carboxylic acids is 2. The van der Waals surface area contributed by atoms with Crippen molar-refractivity contribution >= 4 is 17.7 Å². The molecule has 0 amide bonds. The van der Waals surface area contributed by atoms with Gasteiger partial charge in [-0.25, -0.2) is 4.79 Å². The van der Waals surface area contributed by atoms with Gasteiger partial charge in [0.05, 0.1) is 6.10 Å². The molecule has 13 heavy (non-hydrogen) atoms. The summed E-state index contributed by atoms with van der Waals surface area (Å²) in [5, 5.41) is 25.3. The first-order valence-corrected chi connectivity index (χ1v) is 3.59. The van der Waals surface area contributed by atoms with Gasteiger partial charge in [0.2, 0.25) is 5.78 Å². The van der Waals surface area contributed by atoms with Gasteiger partial charge in [-0.15, -0.1) is 0 Å². The van der Waals surface area contributed by atoms with Gasteiger partial charge < -0.3 is 15.3 Å². The van der Waals surface area contributed by atoms with Gasteiger partial charge in [-0.1, -0.05) is 0 Å². The first kappa shape index (κ1) is 11.6. The lowest BCUT2D eigenvalue weighted by atomic mass is 10.1. The average Bonchev–Trinajstić information content (AvgIpc) is 2.00. The molecule has 0 unspecified atom stereocenters. The fourth-order valence-corrected chi connectivity index (χ4v) is 0.693. The number of aliphatic hydroxyl groups excluding tert-OH is 1. The lowest BCUT2D eigenvalue weighted by Crippen LogP contribution is -2.20. The van der Waals surface area contributed by atoms with Gasteiger partial charge in [0.25, 0.3) is 0 Å². The number of carbonyl (C=O) groups is 3. The summed E-state index contributed by atoms with van der Waals surface area (Å²) in [6.07, 6.45) is -2.13. The number of Topliss-reactive ketones (excluding diaryl/α,β-unsaturated/α-hetero) is 1. The lowest BCUT2D eigenvalue weighted by molar-refractivity contribution is -0.150. The molecule has 0 aromatic rings. The number of carbonyl (C=O) groups excluding carboxylic acids is 1. The van der Waals surface area contributed by atoms with Crippen molar-refractivity contribution in [2.24, 2.45) is 0 Å². The van der Waals surface area contributed by atoms with Crippen LogP contribution in [-0.2, 0) is 14.4 Å². The fraction of sp³-hybridized carbons (Fsp3) is 0.571. The molecule has 0 bridgehead atoms. The number of aliphatic hydroxyl groups is 1. The third-order valence-corrected chi connectivity index (χ3v) is 1.35. The normalized spacial score (nSPS) is 12.1. The Hall–Kier alpha value is -1.43. The third kappa shape index (κ3) is 5.80. The minimum atomic E-state index is -1.62. The van der Waals surface area contributed by atoms with Gasteiger partial charge in [0.1, 0.15) is 0 Å². The van der Waals surface area contributed by atoms with Crippen molar-refractivity contribution in [3.8, 4) is 0 Å². The molecular formula is C7H10O6. The van der Waals surface area contributed by atoms with E-state index in [-0.39, 0.29) is 12.8 Å². The second-order valence-electron chi connectivity index (χ2n) is 2.52.